The van der Waals surface area contributed by atoms with Gasteiger partial charge in [0.15, 0.2) is 11.6 Å². The number of aromatic nitrogens is 1. The summed E-state index contributed by atoms with van der Waals surface area (Å²) < 4.78 is 26.6. The lowest BCUT2D eigenvalue weighted by molar-refractivity contribution is 0.0734. The van der Waals surface area contributed by atoms with Crippen molar-refractivity contribution < 1.29 is 13.6 Å². The van der Waals surface area contributed by atoms with Crippen molar-refractivity contribution in [2.75, 3.05) is 6.54 Å². The van der Waals surface area contributed by atoms with E-state index in [2.05, 4.69) is 37.0 Å². The second-order valence-electron chi connectivity index (χ2n) is 7.15. The summed E-state index contributed by atoms with van der Waals surface area (Å²) in [6.45, 7) is 5.32. The van der Waals surface area contributed by atoms with Gasteiger partial charge >= 0.3 is 0 Å². The van der Waals surface area contributed by atoms with Crippen molar-refractivity contribution in [3.63, 3.8) is 0 Å². The summed E-state index contributed by atoms with van der Waals surface area (Å²) in [5.41, 5.74) is 4.76. The molecule has 0 saturated carbocycles. The van der Waals surface area contributed by atoms with Gasteiger partial charge in [-0.3, -0.25) is 4.79 Å². The Kier molecular flexibility index (Phi) is 4.02. The standard InChI is InChI=1S/C21H20F2N2O/c1-12(2)13-4-6-19-15(9-13)16-11-25(8-7-20(16)24-19)21(26)14-3-5-17(22)18(23)10-14/h3-6,9-10,12,24H,7-8,11H2,1-2H3. The lowest BCUT2D eigenvalue weighted by Crippen LogP contribution is -2.35. The largest absolute Gasteiger partial charge is 0.358 e. The van der Waals surface area contributed by atoms with Crippen LogP contribution in [-0.4, -0.2) is 22.3 Å². The molecule has 134 valence electrons. The Balaban J connectivity index is 1.68. The first kappa shape index (κ1) is 16.8. The minimum atomic E-state index is -0.998. The van der Waals surface area contributed by atoms with Crippen molar-refractivity contribution in [2.24, 2.45) is 0 Å². The molecule has 2 heterocycles. The number of halogens is 2. The highest BCUT2D eigenvalue weighted by Crippen LogP contribution is 2.31. The van der Waals surface area contributed by atoms with Gasteiger partial charge in [-0.2, -0.15) is 0 Å². The van der Waals surface area contributed by atoms with E-state index in [1.165, 1.54) is 11.6 Å². The predicted molar refractivity (Wildman–Crippen MR) is 97.2 cm³/mol. The molecule has 0 unspecified atom stereocenters. The highest BCUT2D eigenvalue weighted by atomic mass is 19.2. The maximum absolute atomic E-state index is 13.5. The van der Waals surface area contributed by atoms with Crippen molar-refractivity contribution in [1.29, 1.82) is 0 Å². The van der Waals surface area contributed by atoms with Crippen molar-refractivity contribution >= 4 is 16.8 Å². The van der Waals surface area contributed by atoms with Crippen LogP contribution in [0, 0.1) is 11.6 Å². The fraction of sp³-hybridized carbons (Fsp3) is 0.286. The van der Waals surface area contributed by atoms with Crippen LogP contribution in [0.5, 0.6) is 0 Å². The third kappa shape index (κ3) is 2.77. The van der Waals surface area contributed by atoms with Crippen LogP contribution in [0.1, 0.15) is 46.9 Å². The average Bonchev–Trinajstić information content (AvgIpc) is 3.00. The predicted octanol–water partition coefficient (Wildman–Crippen LogP) is 4.77. The first-order valence-corrected chi connectivity index (χ1v) is 8.81. The molecule has 2 aromatic carbocycles. The summed E-state index contributed by atoms with van der Waals surface area (Å²) in [5, 5.41) is 1.13. The van der Waals surface area contributed by atoms with Crippen LogP contribution in [0.15, 0.2) is 36.4 Å². The number of rotatable bonds is 2. The molecule has 1 amide bonds. The number of hydrogen-bond acceptors (Lipinski definition) is 1. The Morgan fingerprint density at radius 1 is 1.12 bits per heavy atom. The molecule has 1 aromatic heterocycles. The maximum atomic E-state index is 13.5. The highest BCUT2D eigenvalue weighted by molar-refractivity contribution is 5.95. The Morgan fingerprint density at radius 3 is 2.65 bits per heavy atom. The minimum Gasteiger partial charge on any atom is -0.358 e. The number of nitrogens with zero attached hydrogens (tertiary/aromatic N) is 1. The molecular formula is C21H20F2N2O. The van der Waals surface area contributed by atoms with Gasteiger partial charge in [0.05, 0.1) is 0 Å². The first-order chi connectivity index (χ1) is 12.4. The van der Waals surface area contributed by atoms with Crippen molar-refractivity contribution in [3.8, 4) is 0 Å². The molecule has 1 aliphatic rings. The summed E-state index contributed by atoms with van der Waals surface area (Å²) in [4.78, 5) is 17.9. The summed E-state index contributed by atoms with van der Waals surface area (Å²) in [6.07, 6.45) is 0.719. The zero-order valence-corrected chi connectivity index (χ0v) is 14.8. The van der Waals surface area contributed by atoms with E-state index in [4.69, 9.17) is 0 Å². The summed E-state index contributed by atoms with van der Waals surface area (Å²) in [7, 11) is 0. The van der Waals surface area contributed by atoms with Crippen LogP contribution in [-0.2, 0) is 13.0 Å². The molecule has 5 heteroatoms. The van der Waals surface area contributed by atoms with E-state index < -0.39 is 11.6 Å². The lowest BCUT2D eigenvalue weighted by Gasteiger charge is -2.27. The fourth-order valence-corrected chi connectivity index (χ4v) is 3.58. The van der Waals surface area contributed by atoms with Crippen molar-refractivity contribution in [3.05, 3.63) is 70.4 Å². The van der Waals surface area contributed by atoms with Gasteiger partial charge in [0, 0.05) is 47.2 Å². The van der Waals surface area contributed by atoms with E-state index in [0.29, 0.717) is 19.0 Å². The molecular weight excluding hydrogens is 334 g/mol. The van der Waals surface area contributed by atoms with Crippen molar-refractivity contribution in [1.82, 2.24) is 9.88 Å². The molecule has 0 atom stereocenters. The number of nitrogens with one attached hydrogen (secondary N) is 1. The van der Waals surface area contributed by atoms with E-state index in [1.54, 1.807) is 4.90 Å². The van der Waals surface area contributed by atoms with Gasteiger partial charge < -0.3 is 9.88 Å². The smallest absolute Gasteiger partial charge is 0.254 e. The molecule has 4 rings (SSSR count). The molecule has 0 spiro atoms. The quantitative estimate of drug-likeness (QED) is 0.707. The number of carbonyl (C=O) groups excluding carboxylic acids is 1. The molecule has 3 aromatic rings. The zero-order valence-electron chi connectivity index (χ0n) is 14.8. The van der Waals surface area contributed by atoms with Gasteiger partial charge in [0.2, 0.25) is 0 Å². The molecule has 3 nitrogen and oxygen atoms in total. The summed E-state index contributed by atoms with van der Waals surface area (Å²) in [5.74, 6) is -1.79. The Hall–Kier alpha value is -2.69. The number of benzene rings is 2. The Labute approximate surface area is 150 Å². The minimum absolute atomic E-state index is 0.176. The average molecular weight is 354 g/mol. The molecule has 0 bridgehead atoms. The molecule has 26 heavy (non-hydrogen) atoms. The number of carbonyl (C=O) groups is 1. The van der Waals surface area contributed by atoms with E-state index in [1.807, 2.05) is 0 Å². The lowest BCUT2D eigenvalue weighted by atomic mass is 9.98. The molecule has 0 aliphatic carbocycles. The van der Waals surface area contributed by atoms with Crippen LogP contribution in [0.4, 0.5) is 8.78 Å². The fourth-order valence-electron chi connectivity index (χ4n) is 3.58. The highest BCUT2D eigenvalue weighted by Gasteiger charge is 2.25. The van der Waals surface area contributed by atoms with Gasteiger partial charge in [0.1, 0.15) is 0 Å². The Bertz CT molecular complexity index is 1010. The van der Waals surface area contributed by atoms with Crippen LogP contribution in [0.2, 0.25) is 0 Å². The third-order valence-corrected chi connectivity index (χ3v) is 5.12. The van der Waals surface area contributed by atoms with Crippen LogP contribution < -0.4 is 0 Å². The monoisotopic (exact) mass is 354 g/mol. The maximum Gasteiger partial charge on any atom is 0.254 e. The van der Waals surface area contributed by atoms with Gasteiger partial charge in [-0.25, -0.2) is 8.78 Å². The zero-order chi connectivity index (χ0) is 18.4. The number of hydrogen-bond donors (Lipinski definition) is 1. The van der Waals surface area contributed by atoms with Gasteiger partial charge in [-0.15, -0.1) is 0 Å². The van der Waals surface area contributed by atoms with E-state index in [-0.39, 0.29) is 11.5 Å². The van der Waals surface area contributed by atoms with E-state index in [0.717, 1.165) is 40.7 Å². The second kappa shape index (κ2) is 6.24. The normalized spacial score (nSPS) is 14.1. The van der Waals surface area contributed by atoms with Crippen molar-refractivity contribution in [2.45, 2.75) is 32.7 Å². The Morgan fingerprint density at radius 2 is 1.92 bits per heavy atom. The number of amides is 1. The van der Waals surface area contributed by atoms with Crippen LogP contribution in [0.25, 0.3) is 10.9 Å². The SMILES string of the molecule is CC(C)c1ccc2[nH]c3c(c2c1)CN(C(=O)c1ccc(F)c(F)c1)CC3. The van der Waals surface area contributed by atoms with Gasteiger partial charge in [0.25, 0.3) is 5.91 Å². The molecule has 1 N–H and O–H groups in total. The number of fused-ring (bicyclic) bond motifs is 3. The van der Waals surface area contributed by atoms with Crippen LogP contribution in [0.3, 0.4) is 0 Å². The molecule has 0 saturated heterocycles. The van der Waals surface area contributed by atoms with E-state index in [9.17, 15) is 13.6 Å². The van der Waals surface area contributed by atoms with Crippen LogP contribution >= 0.6 is 0 Å². The van der Waals surface area contributed by atoms with Gasteiger partial charge in [-0.05, 0) is 41.8 Å². The topological polar surface area (TPSA) is 36.1 Å². The van der Waals surface area contributed by atoms with Gasteiger partial charge in [-0.1, -0.05) is 19.9 Å². The summed E-state index contributed by atoms with van der Waals surface area (Å²) >= 11 is 0. The number of aromatic amines is 1. The van der Waals surface area contributed by atoms with E-state index >= 15 is 0 Å². The first-order valence-electron chi connectivity index (χ1n) is 8.81. The third-order valence-electron chi connectivity index (χ3n) is 5.12. The summed E-state index contributed by atoms with van der Waals surface area (Å²) in [6, 6.07) is 9.70. The number of H-pyrrole nitrogens is 1. The molecule has 1 aliphatic heterocycles. The molecule has 0 radical (unpaired) electrons. The second-order valence-corrected chi connectivity index (χ2v) is 7.15. The molecule has 0 fully saturated rings.